The Bertz CT molecular complexity index is 542. The maximum absolute atomic E-state index is 12.1. The number of nitrogens with two attached hydrogens (primary N) is 1. The summed E-state index contributed by atoms with van der Waals surface area (Å²) in [6, 6.07) is 4.24. The number of halogens is 1. The van der Waals surface area contributed by atoms with Gasteiger partial charge in [-0.3, -0.25) is 0 Å². The van der Waals surface area contributed by atoms with Crippen LogP contribution in [0.2, 0.25) is 5.02 Å². The Balaban J connectivity index is 2.96. The average molecular weight is 307 g/mol. The number of hydrogen-bond donors (Lipinski definition) is 3. The molecule has 0 fully saturated rings. The van der Waals surface area contributed by atoms with Gasteiger partial charge in [0.2, 0.25) is 10.0 Å². The second-order valence-corrected chi connectivity index (χ2v) is 6.61. The number of aliphatic hydroxyl groups is 1. The van der Waals surface area contributed by atoms with E-state index in [4.69, 9.17) is 17.3 Å². The Kier molecular flexibility index (Phi) is 5.20. The number of sulfonamides is 1. The maximum Gasteiger partial charge on any atom is 0.242 e. The van der Waals surface area contributed by atoms with Gasteiger partial charge in [0, 0.05) is 11.6 Å². The minimum absolute atomic E-state index is 0.0612. The van der Waals surface area contributed by atoms with Gasteiger partial charge in [0.1, 0.15) is 4.90 Å². The molecule has 0 saturated heterocycles. The minimum atomic E-state index is -3.79. The molecule has 0 amide bonds. The van der Waals surface area contributed by atoms with Crippen molar-refractivity contribution in [3.8, 4) is 0 Å². The number of anilines is 1. The highest BCUT2D eigenvalue weighted by atomic mass is 35.5. The lowest BCUT2D eigenvalue weighted by molar-refractivity contribution is 0.0377. The molecule has 5 nitrogen and oxygen atoms in total. The smallest absolute Gasteiger partial charge is 0.242 e. The Morgan fingerprint density at radius 1 is 1.37 bits per heavy atom. The quantitative estimate of drug-likeness (QED) is 0.698. The third-order valence-corrected chi connectivity index (χ3v) is 4.86. The van der Waals surface area contributed by atoms with Crippen molar-refractivity contribution in [1.29, 1.82) is 0 Å². The lowest BCUT2D eigenvalue weighted by Crippen LogP contribution is -2.42. The molecule has 7 heteroatoms. The van der Waals surface area contributed by atoms with Crippen molar-refractivity contribution in [3.63, 3.8) is 0 Å². The van der Waals surface area contributed by atoms with Crippen molar-refractivity contribution in [2.24, 2.45) is 0 Å². The zero-order valence-electron chi connectivity index (χ0n) is 11.0. The van der Waals surface area contributed by atoms with Crippen molar-refractivity contribution < 1.29 is 13.5 Å². The summed E-state index contributed by atoms with van der Waals surface area (Å²) in [6.07, 6.45) is 0.911. The number of nitrogens with one attached hydrogen (secondary N) is 1. The molecule has 0 bridgehead atoms. The van der Waals surface area contributed by atoms with Crippen LogP contribution in [0.25, 0.3) is 0 Å². The first-order valence-electron chi connectivity index (χ1n) is 6.01. The van der Waals surface area contributed by atoms with Crippen molar-refractivity contribution in [1.82, 2.24) is 4.72 Å². The lowest BCUT2D eigenvalue weighted by Gasteiger charge is -2.25. The molecule has 0 radical (unpaired) electrons. The molecule has 1 aromatic rings. The molecule has 0 aliphatic rings. The molecule has 0 saturated carbocycles. The highest BCUT2D eigenvalue weighted by Crippen LogP contribution is 2.23. The van der Waals surface area contributed by atoms with Crippen LogP contribution in [0.5, 0.6) is 0 Å². The molecule has 1 aromatic carbocycles. The fourth-order valence-corrected chi connectivity index (χ4v) is 3.06. The van der Waals surface area contributed by atoms with Crippen molar-refractivity contribution >= 4 is 27.3 Å². The molecule has 0 spiro atoms. The summed E-state index contributed by atoms with van der Waals surface area (Å²) in [7, 11) is -3.79. The SMILES string of the molecule is CCC(O)(CC)CNS(=O)(=O)c1cc(Cl)ccc1N. The lowest BCUT2D eigenvalue weighted by atomic mass is 9.98. The van der Waals surface area contributed by atoms with E-state index in [1.807, 2.05) is 0 Å². The zero-order chi connectivity index (χ0) is 14.7. The van der Waals surface area contributed by atoms with Crippen LogP contribution in [0.15, 0.2) is 23.1 Å². The minimum Gasteiger partial charge on any atom is -0.398 e. The van der Waals surface area contributed by atoms with Crippen molar-refractivity contribution in [3.05, 3.63) is 23.2 Å². The highest BCUT2D eigenvalue weighted by Gasteiger charge is 2.26. The first kappa shape index (κ1) is 16.2. The van der Waals surface area contributed by atoms with Crippen molar-refractivity contribution in [2.75, 3.05) is 12.3 Å². The highest BCUT2D eigenvalue weighted by molar-refractivity contribution is 7.89. The first-order chi connectivity index (χ1) is 8.74. The monoisotopic (exact) mass is 306 g/mol. The van der Waals surface area contributed by atoms with E-state index in [1.165, 1.54) is 18.2 Å². The van der Waals surface area contributed by atoms with Gasteiger partial charge in [-0.15, -0.1) is 0 Å². The van der Waals surface area contributed by atoms with Gasteiger partial charge in [-0.1, -0.05) is 25.4 Å². The van der Waals surface area contributed by atoms with Crippen LogP contribution in [0.3, 0.4) is 0 Å². The number of benzene rings is 1. The summed E-state index contributed by atoms with van der Waals surface area (Å²) in [5, 5.41) is 10.4. The molecular weight excluding hydrogens is 288 g/mol. The molecule has 4 N–H and O–H groups in total. The van der Waals surface area contributed by atoms with Gasteiger partial charge < -0.3 is 10.8 Å². The second-order valence-electron chi connectivity index (χ2n) is 4.44. The van der Waals surface area contributed by atoms with E-state index in [0.717, 1.165) is 0 Å². The van der Waals surface area contributed by atoms with Crippen LogP contribution in [0, 0.1) is 0 Å². The number of hydrogen-bond acceptors (Lipinski definition) is 4. The predicted octanol–water partition coefficient (Wildman–Crippen LogP) is 1.75. The fourth-order valence-electron chi connectivity index (χ4n) is 1.55. The van der Waals surface area contributed by atoms with E-state index in [9.17, 15) is 13.5 Å². The van der Waals surface area contributed by atoms with Gasteiger partial charge >= 0.3 is 0 Å². The Labute approximate surface area is 118 Å². The van der Waals surface area contributed by atoms with E-state index in [0.29, 0.717) is 12.8 Å². The van der Waals surface area contributed by atoms with Crippen LogP contribution >= 0.6 is 11.6 Å². The van der Waals surface area contributed by atoms with Gasteiger partial charge in [0.05, 0.1) is 11.3 Å². The van der Waals surface area contributed by atoms with E-state index in [1.54, 1.807) is 13.8 Å². The summed E-state index contributed by atoms with van der Waals surface area (Å²) in [5.41, 5.74) is 4.70. The fraction of sp³-hybridized carbons (Fsp3) is 0.500. The predicted molar refractivity (Wildman–Crippen MR) is 76.6 cm³/mol. The zero-order valence-corrected chi connectivity index (χ0v) is 12.6. The number of rotatable bonds is 6. The Morgan fingerprint density at radius 2 is 1.95 bits per heavy atom. The summed E-state index contributed by atoms with van der Waals surface area (Å²) < 4.78 is 26.6. The molecule has 1 rings (SSSR count). The van der Waals surface area contributed by atoms with Crippen molar-refractivity contribution in [2.45, 2.75) is 37.2 Å². The van der Waals surface area contributed by atoms with Gasteiger partial charge in [0.25, 0.3) is 0 Å². The molecule has 0 unspecified atom stereocenters. The summed E-state index contributed by atoms with van der Waals surface area (Å²) in [5.74, 6) is 0. The van der Waals surface area contributed by atoms with Gasteiger partial charge in [-0.2, -0.15) is 0 Å². The molecule has 0 aliphatic heterocycles. The summed E-state index contributed by atoms with van der Waals surface area (Å²) in [6.45, 7) is 3.53. The number of nitrogen functional groups attached to an aromatic ring is 1. The second kappa shape index (κ2) is 6.09. The summed E-state index contributed by atoms with van der Waals surface area (Å²) >= 11 is 5.77. The van der Waals surface area contributed by atoms with E-state index < -0.39 is 15.6 Å². The normalized spacial score (nSPS) is 12.6. The first-order valence-corrected chi connectivity index (χ1v) is 7.87. The molecule has 19 heavy (non-hydrogen) atoms. The van der Waals surface area contributed by atoms with Crippen LogP contribution in [-0.4, -0.2) is 25.7 Å². The standard InChI is InChI=1S/C12H19ClN2O3S/c1-3-12(16,4-2)8-15-19(17,18)11-7-9(13)5-6-10(11)14/h5-7,15-16H,3-4,8,14H2,1-2H3. The summed E-state index contributed by atoms with van der Waals surface area (Å²) in [4.78, 5) is -0.0745. The van der Waals surface area contributed by atoms with Gasteiger partial charge in [-0.05, 0) is 31.0 Å². The third kappa shape index (κ3) is 4.07. The van der Waals surface area contributed by atoms with Gasteiger partial charge in [-0.25, -0.2) is 13.1 Å². The Morgan fingerprint density at radius 3 is 2.47 bits per heavy atom. The largest absolute Gasteiger partial charge is 0.398 e. The van der Waals surface area contributed by atoms with Crippen LogP contribution < -0.4 is 10.5 Å². The topological polar surface area (TPSA) is 92.4 Å². The van der Waals surface area contributed by atoms with Crippen LogP contribution in [-0.2, 0) is 10.0 Å². The van der Waals surface area contributed by atoms with Crippen LogP contribution in [0.1, 0.15) is 26.7 Å². The molecule has 0 atom stereocenters. The molecule has 0 aromatic heterocycles. The molecular formula is C12H19ClN2O3S. The Hall–Kier alpha value is -0.820. The average Bonchev–Trinajstić information content (AvgIpc) is 2.39. The van der Waals surface area contributed by atoms with E-state index in [-0.39, 0.29) is 22.2 Å². The van der Waals surface area contributed by atoms with Crippen LogP contribution in [0.4, 0.5) is 5.69 Å². The van der Waals surface area contributed by atoms with E-state index in [2.05, 4.69) is 4.72 Å². The molecule has 0 heterocycles. The molecule has 0 aliphatic carbocycles. The van der Waals surface area contributed by atoms with Gasteiger partial charge in [0.15, 0.2) is 0 Å². The van der Waals surface area contributed by atoms with E-state index >= 15 is 0 Å². The third-order valence-electron chi connectivity index (χ3n) is 3.17. The molecule has 108 valence electrons. The maximum atomic E-state index is 12.1.